The van der Waals surface area contributed by atoms with Crippen molar-refractivity contribution in [3.63, 3.8) is 0 Å². The fraction of sp³-hybridized carbons (Fsp3) is 0.778. The predicted octanol–water partition coefficient (Wildman–Crippen LogP) is 4.31. The summed E-state index contributed by atoms with van der Waals surface area (Å²) in [7, 11) is 0. The largest absolute Gasteiger partial charge is 0.462 e. The van der Waals surface area contributed by atoms with Crippen molar-refractivity contribution < 1.29 is 14.3 Å². The molecule has 0 heterocycles. The van der Waals surface area contributed by atoms with Gasteiger partial charge >= 0.3 is 5.97 Å². The second kappa shape index (κ2) is 9.01. The van der Waals surface area contributed by atoms with Gasteiger partial charge < -0.3 is 4.74 Å². The lowest BCUT2D eigenvalue weighted by Crippen LogP contribution is -2.36. The maximum absolute atomic E-state index is 12.0. The minimum atomic E-state index is -0.342. The van der Waals surface area contributed by atoms with E-state index < -0.39 is 0 Å². The molecule has 0 aromatic rings. The van der Waals surface area contributed by atoms with Crippen LogP contribution in [0.25, 0.3) is 0 Å². The number of allylic oxidation sites excluding steroid dienone is 2. The van der Waals surface area contributed by atoms with Crippen molar-refractivity contribution in [3.05, 3.63) is 12.2 Å². The molecule has 1 aliphatic rings. The highest BCUT2D eigenvalue weighted by Gasteiger charge is 2.33. The topological polar surface area (TPSA) is 43.4 Å². The van der Waals surface area contributed by atoms with E-state index in [1.807, 2.05) is 19.1 Å². The van der Waals surface area contributed by atoms with Crippen molar-refractivity contribution in [1.29, 1.82) is 0 Å². The number of hydrogen-bond acceptors (Lipinski definition) is 3. The van der Waals surface area contributed by atoms with Crippen LogP contribution in [-0.2, 0) is 14.3 Å². The Morgan fingerprint density at radius 2 is 2.00 bits per heavy atom. The zero-order valence-electron chi connectivity index (χ0n) is 13.9. The number of rotatable bonds is 7. The van der Waals surface area contributed by atoms with Crippen LogP contribution in [0.1, 0.15) is 66.2 Å². The van der Waals surface area contributed by atoms with Crippen LogP contribution in [0.3, 0.4) is 0 Å². The van der Waals surface area contributed by atoms with Gasteiger partial charge in [0.2, 0.25) is 0 Å². The third-order valence-electron chi connectivity index (χ3n) is 4.41. The second-order valence-corrected chi connectivity index (χ2v) is 6.68. The SMILES string of the molecule is CC=CCCC(=O)CC(=O)OC1CC(C)CCC1C(C)C. The summed E-state index contributed by atoms with van der Waals surface area (Å²) in [6.45, 7) is 8.50. The van der Waals surface area contributed by atoms with E-state index >= 15 is 0 Å². The van der Waals surface area contributed by atoms with Gasteiger partial charge in [-0.25, -0.2) is 0 Å². The molecule has 120 valence electrons. The van der Waals surface area contributed by atoms with E-state index in [9.17, 15) is 9.59 Å². The third kappa shape index (κ3) is 6.45. The Kier molecular flexibility index (Phi) is 7.69. The molecule has 3 unspecified atom stereocenters. The Hall–Kier alpha value is -1.12. The number of hydrogen-bond donors (Lipinski definition) is 0. The molecule has 0 radical (unpaired) electrons. The van der Waals surface area contributed by atoms with Gasteiger partial charge in [-0.1, -0.05) is 39.3 Å². The molecule has 21 heavy (non-hydrogen) atoms. The number of ketones is 1. The molecule has 0 aromatic heterocycles. The summed E-state index contributed by atoms with van der Waals surface area (Å²) in [4.78, 5) is 23.7. The van der Waals surface area contributed by atoms with Crippen molar-refractivity contribution in [2.45, 2.75) is 72.3 Å². The minimum Gasteiger partial charge on any atom is -0.462 e. The minimum absolute atomic E-state index is 0.00964. The van der Waals surface area contributed by atoms with E-state index in [4.69, 9.17) is 4.74 Å². The Balaban J connectivity index is 2.45. The van der Waals surface area contributed by atoms with E-state index in [1.165, 1.54) is 6.42 Å². The molecule has 0 saturated heterocycles. The molecule has 3 atom stereocenters. The molecule has 3 nitrogen and oxygen atoms in total. The average molecular weight is 294 g/mol. The van der Waals surface area contributed by atoms with Gasteiger partial charge in [0.05, 0.1) is 0 Å². The van der Waals surface area contributed by atoms with Gasteiger partial charge in [0, 0.05) is 6.42 Å². The first-order valence-electron chi connectivity index (χ1n) is 8.26. The Morgan fingerprint density at radius 3 is 2.62 bits per heavy atom. The van der Waals surface area contributed by atoms with Crippen molar-refractivity contribution >= 4 is 11.8 Å². The molecule has 0 aliphatic heterocycles. The van der Waals surface area contributed by atoms with Crippen LogP contribution < -0.4 is 0 Å². The van der Waals surface area contributed by atoms with Crippen LogP contribution in [0, 0.1) is 17.8 Å². The number of ether oxygens (including phenoxy) is 1. The average Bonchev–Trinajstić information content (AvgIpc) is 2.38. The second-order valence-electron chi connectivity index (χ2n) is 6.68. The highest BCUT2D eigenvalue weighted by molar-refractivity contribution is 5.95. The lowest BCUT2D eigenvalue weighted by atomic mass is 9.75. The van der Waals surface area contributed by atoms with E-state index in [0.29, 0.717) is 30.6 Å². The highest BCUT2D eigenvalue weighted by atomic mass is 16.5. The van der Waals surface area contributed by atoms with Crippen LogP contribution in [0.5, 0.6) is 0 Å². The fourth-order valence-electron chi connectivity index (χ4n) is 3.12. The van der Waals surface area contributed by atoms with Crippen molar-refractivity contribution in [1.82, 2.24) is 0 Å². The fourth-order valence-corrected chi connectivity index (χ4v) is 3.12. The van der Waals surface area contributed by atoms with E-state index in [-0.39, 0.29) is 24.3 Å². The standard InChI is InChI=1S/C18H30O3/c1-5-6-7-8-15(19)12-18(20)21-17-11-14(4)9-10-16(17)13(2)3/h5-6,13-14,16-17H,7-12H2,1-4H3. The first-order chi connectivity index (χ1) is 9.93. The van der Waals surface area contributed by atoms with Crippen molar-refractivity contribution in [2.75, 3.05) is 0 Å². The molecular formula is C18H30O3. The van der Waals surface area contributed by atoms with Gasteiger partial charge in [0.25, 0.3) is 0 Å². The maximum Gasteiger partial charge on any atom is 0.313 e. The van der Waals surface area contributed by atoms with Crippen molar-refractivity contribution in [2.24, 2.45) is 17.8 Å². The predicted molar refractivity (Wildman–Crippen MR) is 84.9 cm³/mol. The molecule has 0 spiro atoms. The molecule has 1 fully saturated rings. The smallest absolute Gasteiger partial charge is 0.313 e. The molecular weight excluding hydrogens is 264 g/mol. The van der Waals surface area contributed by atoms with Crippen LogP contribution in [0.2, 0.25) is 0 Å². The zero-order valence-corrected chi connectivity index (χ0v) is 13.9. The summed E-state index contributed by atoms with van der Waals surface area (Å²) in [5.74, 6) is 1.18. The quantitative estimate of drug-likeness (QED) is 0.399. The molecule has 1 aliphatic carbocycles. The van der Waals surface area contributed by atoms with Crippen LogP contribution in [0.15, 0.2) is 12.2 Å². The summed E-state index contributed by atoms with van der Waals surface area (Å²) in [6.07, 6.45) is 8.17. The Labute approximate surface area is 129 Å². The first-order valence-corrected chi connectivity index (χ1v) is 8.26. The lowest BCUT2D eigenvalue weighted by Gasteiger charge is -2.36. The molecule has 0 amide bonds. The first kappa shape index (κ1) is 17.9. The van der Waals surface area contributed by atoms with Gasteiger partial charge in [-0.3, -0.25) is 9.59 Å². The van der Waals surface area contributed by atoms with E-state index in [0.717, 1.165) is 12.8 Å². The summed E-state index contributed by atoms with van der Waals surface area (Å²) >= 11 is 0. The Bertz CT molecular complexity index is 371. The van der Waals surface area contributed by atoms with Gasteiger partial charge in [-0.05, 0) is 43.9 Å². The summed E-state index contributed by atoms with van der Waals surface area (Å²) in [5.41, 5.74) is 0. The molecule has 0 N–H and O–H groups in total. The number of Topliss-reactive ketones (excluding diaryl/α,β-unsaturated/α-hetero) is 1. The summed E-state index contributed by atoms with van der Waals surface area (Å²) < 4.78 is 5.63. The molecule has 3 heteroatoms. The third-order valence-corrected chi connectivity index (χ3v) is 4.41. The normalized spacial score (nSPS) is 26.2. The highest BCUT2D eigenvalue weighted by Crippen LogP contribution is 2.35. The number of carbonyl (C=O) groups excluding carboxylic acids is 2. The molecule has 0 aromatic carbocycles. The molecule has 1 saturated carbocycles. The molecule has 1 rings (SSSR count). The number of carbonyl (C=O) groups is 2. The summed E-state index contributed by atoms with van der Waals surface area (Å²) in [5, 5.41) is 0. The Morgan fingerprint density at radius 1 is 1.29 bits per heavy atom. The monoisotopic (exact) mass is 294 g/mol. The zero-order chi connectivity index (χ0) is 15.8. The van der Waals surface area contributed by atoms with E-state index in [1.54, 1.807) is 0 Å². The van der Waals surface area contributed by atoms with Gasteiger partial charge in [0.1, 0.15) is 18.3 Å². The van der Waals surface area contributed by atoms with Crippen LogP contribution in [-0.4, -0.2) is 17.9 Å². The van der Waals surface area contributed by atoms with Crippen molar-refractivity contribution in [3.8, 4) is 0 Å². The van der Waals surface area contributed by atoms with Gasteiger partial charge in [-0.15, -0.1) is 0 Å². The van der Waals surface area contributed by atoms with Gasteiger partial charge in [-0.2, -0.15) is 0 Å². The van der Waals surface area contributed by atoms with Crippen LogP contribution >= 0.6 is 0 Å². The van der Waals surface area contributed by atoms with Gasteiger partial charge in [0.15, 0.2) is 0 Å². The lowest BCUT2D eigenvalue weighted by molar-refractivity contribution is -0.157. The van der Waals surface area contributed by atoms with E-state index in [2.05, 4.69) is 20.8 Å². The van der Waals surface area contributed by atoms with Crippen LogP contribution in [0.4, 0.5) is 0 Å². The number of esters is 1. The maximum atomic E-state index is 12.0. The molecule has 0 bridgehead atoms. The summed E-state index contributed by atoms with van der Waals surface area (Å²) in [6, 6.07) is 0.